The van der Waals surface area contributed by atoms with E-state index in [1.165, 1.54) is 44.2 Å². The van der Waals surface area contributed by atoms with Crippen molar-refractivity contribution in [2.75, 3.05) is 57.3 Å². The molecule has 0 radical (unpaired) electrons. The molecule has 2 saturated heterocycles. The van der Waals surface area contributed by atoms with Crippen LogP contribution >= 0.6 is 0 Å². The molecule has 0 bridgehead atoms. The van der Waals surface area contributed by atoms with Gasteiger partial charge in [0.2, 0.25) is 0 Å². The maximum atomic E-state index is 12.8. The molecule has 2 aliphatic heterocycles. The van der Waals surface area contributed by atoms with Crippen LogP contribution in [0.15, 0.2) is 24.3 Å². The number of benzene rings is 1. The molecule has 0 aromatic heterocycles. The highest BCUT2D eigenvalue weighted by Crippen LogP contribution is 2.30. The first kappa shape index (κ1) is 29.5. The molecule has 0 spiro atoms. The zero-order chi connectivity index (χ0) is 27.5. The van der Waals surface area contributed by atoms with Gasteiger partial charge in [0.15, 0.2) is 0 Å². The van der Waals surface area contributed by atoms with Gasteiger partial charge in [-0.2, -0.15) is 0 Å². The summed E-state index contributed by atoms with van der Waals surface area (Å²) in [7, 11) is 0. The smallest absolute Gasteiger partial charge is 0.414 e. The molecule has 1 aromatic rings. The van der Waals surface area contributed by atoms with Gasteiger partial charge < -0.3 is 29.6 Å². The first-order chi connectivity index (χ1) is 18.3. The molecule has 0 atom stereocenters. The fourth-order valence-corrected chi connectivity index (χ4v) is 5.46. The number of carbonyl (C=O) groups excluding carboxylic acids is 1. The third kappa shape index (κ3) is 8.79. The zero-order valence-electron chi connectivity index (χ0n) is 22.9. The molecule has 3 aliphatic rings. The Kier molecular flexibility index (Phi) is 11.5. The van der Waals surface area contributed by atoms with E-state index in [-0.39, 0.29) is 6.10 Å². The third-order valence-corrected chi connectivity index (χ3v) is 7.42. The number of hydrogen-bond donors (Lipinski definition) is 2. The number of aliphatic carboxylic acids is 2. The second-order valence-electron chi connectivity index (χ2n) is 10.5. The molecule has 212 valence electrons. The van der Waals surface area contributed by atoms with Gasteiger partial charge in [-0.3, -0.25) is 4.90 Å². The van der Waals surface area contributed by atoms with Crippen LogP contribution in [-0.4, -0.2) is 107 Å². The average Bonchev–Trinajstić information content (AvgIpc) is 3.28. The summed E-state index contributed by atoms with van der Waals surface area (Å²) in [5, 5.41) is 14.8. The van der Waals surface area contributed by atoms with Crippen molar-refractivity contribution < 1.29 is 29.3 Å². The van der Waals surface area contributed by atoms with Crippen molar-refractivity contribution in [3.8, 4) is 5.75 Å². The lowest BCUT2D eigenvalue weighted by Crippen LogP contribution is -2.46. The van der Waals surface area contributed by atoms with Crippen molar-refractivity contribution in [3.63, 3.8) is 0 Å². The molecule has 1 aromatic carbocycles. The predicted molar refractivity (Wildman–Crippen MR) is 146 cm³/mol. The van der Waals surface area contributed by atoms with Crippen LogP contribution in [0.4, 0.5) is 10.5 Å². The number of para-hydroxylation sites is 2. The van der Waals surface area contributed by atoms with E-state index >= 15 is 0 Å². The normalized spacial score (nSPS) is 18.9. The monoisotopic (exact) mass is 532 g/mol. The number of amides is 2. The molecule has 2 N–H and O–H groups in total. The first-order valence-electron chi connectivity index (χ1n) is 14.0. The predicted octanol–water partition coefficient (Wildman–Crippen LogP) is 3.60. The molecule has 2 heterocycles. The second kappa shape index (κ2) is 14.8. The summed E-state index contributed by atoms with van der Waals surface area (Å²) in [4.78, 5) is 40.3. The van der Waals surface area contributed by atoms with Gasteiger partial charge >= 0.3 is 18.0 Å². The van der Waals surface area contributed by atoms with Crippen LogP contribution in [0.2, 0.25) is 0 Å². The Balaban J connectivity index is 0.000000599. The van der Waals surface area contributed by atoms with Crippen LogP contribution < -0.4 is 9.64 Å². The van der Waals surface area contributed by atoms with E-state index in [9.17, 15) is 4.79 Å². The lowest BCUT2D eigenvalue weighted by molar-refractivity contribution is -0.159. The van der Waals surface area contributed by atoms with E-state index in [1.807, 2.05) is 0 Å². The number of piperazine rings is 1. The minimum Gasteiger partial charge on any atom is -0.489 e. The summed E-state index contributed by atoms with van der Waals surface area (Å²) in [6.07, 6.45) is 8.80. The number of urea groups is 1. The second-order valence-corrected chi connectivity index (χ2v) is 10.5. The van der Waals surface area contributed by atoms with Gasteiger partial charge in [-0.05, 0) is 58.2 Å². The van der Waals surface area contributed by atoms with Gasteiger partial charge in [-0.15, -0.1) is 0 Å². The van der Waals surface area contributed by atoms with E-state index in [0.717, 1.165) is 64.5 Å². The summed E-state index contributed by atoms with van der Waals surface area (Å²) >= 11 is 0. The maximum Gasteiger partial charge on any atom is 0.414 e. The summed E-state index contributed by atoms with van der Waals surface area (Å²) in [5.41, 5.74) is 1.22. The number of carboxylic acids is 2. The van der Waals surface area contributed by atoms with Crippen LogP contribution in [0.3, 0.4) is 0 Å². The summed E-state index contributed by atoms with van der Waals surface area (Å²) in [6, 6.07) is 9.22. The Bertz CT molecular complexity index is 900. The average molecular weight is 533 g/mol. The zero-order valence-corrected chi connectivity index (χ0v) is 22.9. The fraction of sp³-hybridized carbons (Fsp3) is 0.679. The van der Waals surface area contributed by atoms with Crippen LogP contribution in [0.5, 0.6) is 5.75 Å². The molecule has 4 rings (SSSR count). The number of hydrogen-bond acceptors (Lipinski definition) is 6. The molecule has 10 nitrogen and oxygen atoms in total. The molecule has 1 saturated carbocycles. The Morgan fingerprint density at radius 1 is 0.895 bits per heavy atom. The standard InChI is InChI=1S/C26H42N4O2.C2H2O4/c1-22(2)32-25-13-7-6-12-24(25)28-18-16-27(17-19-28)14-8-9-15-29-20-21-30(26(29)31)23-10-4-3-5-11-23;3-1(4)2(5)6/h6-7,12-13,22-23H,3-5,8-11,14-21H2,1-2H3;(H,3,4)(H,5,6). The minimum absolute atomic E-state index is 0.190. The van der Waals surface area contributed by atoms with Gasteiger partial charge in [-0.1, -0.05) is 31.4 Å². The molecule has 2 amide bonds. The molecular formula is C28H44N4O6. The Hall–Kier alpha value is -3.01. The minimum atomic E-state index is -1.82. The van der Waals surface area contributed by atoms with Crippen LogP contribution in [-0.2, 0) is 9.59 Å². The topological polar surface area (TPSA) is 114 Å². The van der Waals surface area contributed by atoms with Crippen LogP contribution in [0.1, 0.15) is 58.8 Å². The van der Waals surface area contributed by atoms with Crippen molar-refractivity contribution in [3.05, 3.63) is 24.3 Å². The highest BCUT2D eigenvalue weighted by molar-refractivity contribution is 6.27. The molecule has 3 fully saturated rings. The maximum absolute atomic E-state index is 12.8. The lowest BCUT2D eigenvalue weighted by Gasteiger charge is -2.37. The van der Waals surface area contributed by atoms with Gasteiger partial charge in [0.1, 0.15) is 5.75 Å². The molecule has 0 unspecified atom stereocenters. The Labute approximate surface area is 226 Å². The molecule has 38 heavy (non-hydrogen) atoms. The number of carboxylic acid groups (broad SMARTS) is 2. The Morgan fingerprint density at radius 3 is 2.16 bits per heavy atom. The van der Waals surface area contributed by atoms with E-state index < -0.39 is 11.9 Å². The van der Waals surface area contributed by atoms with E-state index in [0.29, 0.717) is 12.1 Å². The van der Waals surface area contributed by atoms with Crippen molar-refractivity contribution in [2.24, 2.45) is 0 Å². The number of carbonyl (C=O) groups is 3. The van der Waals surface area contributed by atoms with Crippen molar-refractivity contribution in [1.29, 1.82) is 0 Å². The summed E-state index contributed by atoms with van der Waals surface area (Å²) in [6.45, 7) is 12.3. The SMILES string of the molecule is CC(C)Oc1ccccc1N1CCN(CCCCN2CCN(C3CCCCC3)C2=O)CC1.O=C(O)C(=O)O. The summed E-state index contributed by atoms with van der Waals surface area (Å²) < 4.78 is 6.02. The van der Waals surface area contributed by atoms with E-state index in [4.69, 9.17) is 24.5 Å². The number of unbranched alkanes of at least 4 members (excludes halogenated alkanes) is 1. The lowest BCUT2D eigenvalue weighted by atomic mass is 9.94. The molecule has 1 aliphatic carbocycles. The third-order valence-electron chi connectivity index (χ3n) is 7.42. The quantitative estimate of drug-likeness (QED) is 0.366. The largest absolute Gasteiger partial charge is 0.489 e. The van der Waals surface area contributed by atoms with Gasteiger partial charge in [0, 0.05) is 51.9 Å². The molecular weight excluding hydrogens is 488 g/mol. The Morgan fingerprint density at radius 2 is 1.53 bits per heavy atom. The van der Waals surface area contributed by atoms with Crippen LogP contribution in [0, 0.1) is 0 Å². The van der Waals surface area contributed by atoms with Crippen LogP contribution in [0.25, 0.3) is 0 Å². The number of nitrogens with zero attached hydrogens (tertiary/aromatic N) is 4. The van der Waals surface area contributed by atoms with E-state index in [1.54, 1.807) is 0 Å². The van der Waals surface area contributed by atoms with Crippen molar-refractivity contribution in [1.82, 2.24) is 14.7 Å². The first-order valence-corrected chi connectivity index (χ1v) is 14.0. The van der Waals surface area contributed by atoms with Crippen molar-refractivity contribution in [2.45, 2.75) is 70.9 Å². The van der Waals surface area contributed by atoms with Gasteiger partial charge in [0.05, 0.1) is 11.8 Å². The van der Waals surface area contributed by atoms with E-state index in [2.05, 4.69) is 57.7 Å². The van der Waals surface area contributed by atoms with Gasteiger partial charge in [0.25, 0.3) is 0 Å². The number of anilines is 1. The summed E-state index contributed by atoms with van der Waals surface area (Å²) in [5.74, 6) is -2.65. The highest BCUT2D eigenvalue weighted by Gasteiger charge is 2.33. The van der Waals surface area contributed by atoms with Crippen molar-refractivity contribution >= 4 is 23.7 Å². The molecule has 10 heteroatoms. The fourth-order valence-electron chi connectivity index (χ4n) is 5.46. The number of ether oxygens (including phenoxy) is 1. The number of rotatable bonds is 9. The highest BCUT2D eigenvalue weighted by atomic mass is 16.5. The van der Waals surface area contributed by atoms with Gasteiger partial charge in [-0.25, -0.2) is 14.4 Å².